The van der Waals surface area contributed by atoms with Gasteiger partial charge in [0.1, 0.15) is 11.4 Å². The monoisotopic (exact) mass is 295 g/mol. The van der Waals surface area contributed by atoms with Crippen LogP contribution in [0.25, 0.3) is 0 Å². The van der Waals surface area contributed by atoms with E-state index < -0.39 is 0 Å². The number of halogens is 1. The Morgan fingerprint density at radius 1 is 1.38 bits per heavy atom. The van der Waals surface area contributed by atoms with E-state index in [0.717, 1.165) is 44.4 Å². The summed E-state index contributed by atoms with van der Waals surface area (Å²) in [6.45, 7) is 4.34. The summed E-state index contributed by atoms with van der Waals surface area (Å²) in [5, 5.41) is 3.60. The standard InChI is InChI=1S/C17H26FNO2/c1-3-4-5-16(14-6-8-15(18)9-7-14)19-12-17(20-2)10-11-21-13-17/h6-9,16,19H,3-5,10-13H2,1-2H3. The van der Waals surface area contributed by atoms with Crippen molar-refractivity contribution in [2.75, 3.05) is 26.9 Å². The van der Waals surface area contributed by atoms with E-state index in [1.165, 1.54) is 12.1 Å². The number of unbranched alkanes of at least 4 members (excludes halogenated alkanes) is 1. The molecule has 0 radical (unpaired) electrons. The van der Waals surface area contributed by atoms with E-state index in [1.807, 2.05) is 12.1 Å². The summed E-state index contributed by atoms with van der Waals surface area (Å²) in [6.07, 6.45) is 4.26. The second-order valence-electron chi connectivity index (χ2n) is 5.82. The van der Waals surface area contributed by atoms with Crippen LogP contribution in [0.2, 0.25) is 0 Å². The quantitative estimate of drug-likeness (QED) is 0.797. The van der Waals surface area contributed by atoms with E-state index in [4.69, 9.17) is 9.47 Å². The van der Waals surface area contributed by atoms with Crippen LogP contribution in [0.5, 0.6) is 0 Å². The second-order valence-corrected chi connectivity index (χ2v) is 5.82. The highest BCUT2D eigenvalue weighted by molar-refractivity contribution is 5.20. The first kappa shape index (κ1) is 16.4. The highest BCUT2D eigenvalue weighted by Gasteiger charge is 2.35. The zero-order chi connectivity index (χ0) is 15.1. The molecule has 2 rings (SSSR count). The second kappa shape index (κ2) is 7.87. The molecule has 3 nitrogen and oxygen atoms in total. The van der Waals surface area contributed by atoms with Gasteiger partial charge in [-0.25, -0.2) is 4.39 Å². The third-order valence-electron chi connectivity index (χ3n) is 4.29. The van der Waals surface area contributed by atoms with Crippen molar-refractivity contribution >= 4 is 0 Å². The third kappa shape index (κ3) is 4.50. The molecule has 1 heterocycles. The van der Waals surface area contributed by atoms with Crippen LogP contribution in [0.1, 0.15) is 44.2 Å². The largest absolute Gasteiger partial charge is 0.378 e. The molecule has 4 heteroatoms. The maximum atomic E-state index is 13.1. The lowest BCUT2D eigenvalue weighted by Crippen LogP contribution is -2.44. The predicted octanol–water partition coefficient (Wildman–Crippen LogP) is 3.45. The zero-order valence-electron chi connectivity index (χ0n) is 13.0. The molecule has 0 amide bonds. The Morgan fingerprint density at radius 2 is 2.14 bits per heavy atom. The van der Waals surface area contributed by atoms with Gasteiger partial charge in [-0.3, -0.25) is 0 Å². The Hall–Kier alpha value is -0.970. The van der Waals surface area contributed by atoms with E-state index in [1.54, 1.807) is 7.11 Å². The molecule has 1 fully saturated rings. The Balaban J connectivity index is 2.00. The van der Waals surface area contributed by atoms with Crippen LogP contribution < -0.4 is 5.32 Å². The minimum Gasteiger partial charge on any atom is -0.378 e. The van der Waals surface area contributed by atoms with Crippen molar-refractivity contribution in [3.05, 3.63) is 35.6 Å². The molecule has 1 saturated heterocycles. The number of rotatable bonds is 8. The fourth-order valence-corrected chi connectivity index (χ4v) is 2.76. The summed E-state index contributed by atoms with van der Waals surface area (Å²) in [7, 11) is 1.75. The fraction of sp³-hybridized carbons (Fsp3) is 0.647. The first-order valence-electron chi connectivity index (χ1n) is 7.81. The minimum absolute atomic E-state index is 0.189. The number of benzene rings is 1. The van der Waals surface area contributed by atoms with Gasteiger partial charge in [0.25, 0.3) is 0 Å². The first-order valence-corrected chi connectivity index (χ1v) is 7.81. The van der Waals surface area contributed by atoms with Gasteiger partial charge < -0.3 is 14.8 Å². The normalized spacial score (nSPS) is 23.4. The molecule has 21 heavy (non-hydrogen) atoms. The molecule has 0 aromatic heterocycles. The van der Waals surface area contributed by atoms with Crippen LogP contribution in [0.15, 0.2) is 24.3 Å². The summed E-state index contributed by atoms with van der Waals surface area (Å²) in [6, 6.07) is 7.03. The van der Waals surface area contributed by atoms with Crippen molar-refractivity contribution in [2.24, 2.45) is 0 Å². The lowest BCUT2D eigenvalue weighted by molar-refractivity contribution is -0.0177. The highest BCUT2D eigenvalue weighted by atomic mass is 19.1. The van der Waals surface area contributed by atoms with Gasteiger partial charge in [0.2, 0.25) is 0 Å². The molecule has 0 spiro atoms. The van der Waals surface area contributed by atoms with E-state index in [0.29, 0.717) is 6.61 Å². The summed E-state index contributed by atoms with van der Waals surface area (Å²) in [5.41, 5.74) is 0.917. The van der Waals surface area contributed by atoms with Crippen LogP contribution in [0.4, 0.5) is 4.39 Å². The predicted molar refractivity (Wildman–Crippen MR) is 81.8 cm³/mol. The molecular weight excluding hydrogens is 269 g/mol. The Bertz CT molecular complexity index is 415. The molecule has 1 aromatic rings. The van der Waals surface area contributed by atoms with Gasteiger partial charge >= 0.3 is 0 Å². The van der Waals surface area contributed by atoms with Crippen molar-refractivity contribution in [2.45, 2.75) is 44.2 Å². The third-order valence-corrected chi connectivity index (χ3v) is 4.29. The Labute approximate surface area is 126 Å². The molecule has 1 aliphatic heterocycles. The molecule has 2 atom stereocenters. The Kier molecular flexibility index (Phi) is 6.15. The van der Waals surface area contributed by atoms with Crippen molar-refractivity contribution in [1.82, 2.24) is 5.32 Å². The van der Waals surface area contributed by atoms with Gasteiger partial charge in [-0.1, -0.05) is 31.9 Å². The van der Waals surface area contributed by atoms with Crippen LogP contribution in [-0.2, 0) is 9.47 Å². The molecule has 2 unspecified atom stereocenters. The summed E-state index contributed by atoms with van der Waals surface area (Å²) >= 11 is 0. The zero-order valence-corrected chi connectivity index (χ0v) is 13.0. The smallest absolute Gasteiger partial charge is 0.123 e. The molecule has 0 bridgehead atoms. The van der Waals surface area contributed by atoms with Crippen LogP contribution in [0, 0.1) is 5.82 Å². The molecule has 0 saturated carbocycles. The van der Waals surface area contributed by atoms with E-state index in [9.17, 15) is 4.39 Å². The molecular formula is C17H26FNO2. The Morgan fingerprint density at radius 3 is 2.71 bits per heavy atom. The number of nitrogens with one attached hydrogen (secondary N) is 1. The lowest BCUT2D eigenvalue weighted by atomic mass is 9.98. The molecule has 118 valence electrons. The number of methoxy groups -OCH3 is 1. The molecule has 1 N–H and O–H groups in total. The minimum atomic E-state index is -0.218. The van der Waals surface area contributed by atoms with Gasteiger partial charge in [-0.05, 0) is 24.1 Å². The van der Waals surface area contributed by atoms with Crippen LogP contribution in [-0.4, -0.2) is 32.5 Å². The average molecular weight is 295 g/mol. The summed E-state index contributed by atoms with van der Waals surface area (Å²) in [4.78, 5) is 0. The van der Waals surface area contributed by atoms with E-state index in [2.05, 4.69) is 12.2 Å². The van der Waals surface area contributed by atoms with Gasteiger partial charge in [0.05, 0.1) is 6.61 Å². The van der Waals surface area contributed by atoms with Crippen molar-refractivity contribution < 1.29 is 13.9 Å². The molecule has 1 aliphatic rings. The number of ether oxygens (including phenoxy) is 2. The van der Waals surface area contributed by atoms with Crippen molar-refractivity contribution in [1.29, 1.82) is 0 Å². The summed E-state index contributed by atoms with van der Waals surface area (Å²) < 4.78 is 24.2. The van der Waals surface area contributed by atoms with Crippen LogP contribution >= 0.6 is 0 Å². The average Bonchev–Trinajstić information content (AvgIpc) is 2.98. The topological polar surface area (TPSA) is 30.5 Å². The maximum Gasteiger partial charge on any atom is 0.123 e. The van der Waals surface area contributed by atoms with E-state index >= 15 is 0 Å². The molecule has 1 aromatic carbocycles. The first-order chi connectivity index (χ1) is 10.2. The fourth-order valence-electron chi connectivity index (χ4n) is 2.76. The number of hydrogen-bond acceptors (Lipinski definition) is 3. The van der Waals surface area contributed by atoms with Crippen LogP contribution in [0.3, 0.4) is 0 Å². The van der Waals surface area contributed by atoms with Crippen molar-refractivity contribution in [3.8, 4) is 0 Å². The van der Waals surface area contributed by atoms with Gasteiger partial charge in [0.15, 0.2) is 0 Å². The molecule has 0 aliphatic carbocycles. The lowest BCUT2D eigenvalue weighted by Gasteiger charge is -2.29. The maximum absolute atomic E-state index is 13.1. The van der Waals surface area contributed by atoms with E-state index in [-0.39, 0.29) is 17.5 Å². The highest BCUT2D eigenvalue weighted by Crippen LogP contribution is 2.25. The van der Waals surface area contributed by atoms with Gasteiger partial charge in [-0.15, -0.1) is 0 Å². The SMILES string of the molecule is CCCCC(NCC1(OC)CCOC1)c1ccc(F)cc1. The summed E-state index contributed by atoms with van der Waals surface area (Å²) in [5.74, 6) is -0.189. The van der Waals surface area contributed by atoms with Gasteiger partial charge in [0, 0.05) is 32.7 Å². The number of hydrogen-bond donors (Lipinski definition) is 1. The van der Waals surface area contributed by atoms with Gasteiger partial charge in [-0.2, -0.15) is 0 Å². The van der Waals surface area contributed by atoms with Crippen molar-refractivity contribution in [3.63, 3.8) is 0 Å².